The maximum absolute atomic E-state index is 14.3. The summed E-state index contributed by atoms with van der Waals surface area (Å²) in [5, 5.41) is 4.33. The van der Waals surface area contributed by atoms with Crippen molar-refractivity contribution in [2.45, 2.75) is 13.1 Å². The minimum atomic E-state index is -4.51. The lowest BCUT2D eigenvalue weighted by atomic mass is 9.94. The van der Waals surface area contributed by atoms with Gasteiger partial charge in [0.15, 0.2) is 5.69 Å². The standard InChI is InChI=1S/C57H36F3N3/c1-36-29-42(31-43(30-36)57(58,59)60)41-23-28-56(63-53-20-12-10-18-46(53)49-33-40(22-27-55(49)63)38-15-7-4-8-16-38)50(34-41)47-35-44(24-25-51(47)61-2)62-52-19-11-9-17-45(52)48-32-39(21-26-54(48)62)37-13-5-3-6-14-37/h3-35H,1H3. The molecular formula is C57H36F3N3. The molecule has 0 N–H and O–H groups in total. The maximum atomic E-state index is 14.3. The zero-order valence-electron chi connectivity index (χ0n) is 34.0. The largest absolute Gasteiger partial charge is 0.416 e. The number of hydrogen-bond acceptors (Lipinski definition) is 0. The van der Waals surface area contributed by atoms with Crippen molar-refractivity contribution >= 4 is 49.3 Å². The molecule has 2 heterocycles. The van der Waals surface area contributed by atoms with E-state index in [1.807, 2.05) is 84.9 Å². The number of aryl methyl sites for hydroxylation is 1. The second-order valence-corrected chi connectivity index (χ2v) is 16.0. The van der Waals surface area contributed by atoms with Gasteiger partial charge in [-0.25, -0.2) is 4.85 Å². The quantitative estimate of drug-likeness (QED) is 0.148. The number of benzene rings is 9. The number of fused-ring (bicyclic) bond motifs is 6. The monoisotopic (exact) mass is 819 g/mol. The van der Waals surface area contributed by atoms with Crippen LogP contribution in [-0.4, -0.2) is 9.13 Å². The predicted octanol–water partition coefficient (Wildman–Crippen LogP) is 16.4. The summed E-state index contributed by atoms with van der Waals surface area (Å²) in [5.41, 5.74) is 12.8. The van der Waals surface area contributed by atoms with Gasteiger partial charge in [0.25, 0.3) is 0 Å². The second-order valence-electron chi connectivity index (χ2n) is 16.0. The van der Waals surface area contributed by atoms with E-state index in [0.29, 0.717) is 27.9 Å². The van der Waals surface area contributed by atoms with E-state index in [1.54, 1.807) is 13.0 Å². The van der Waals surface area contributed by atoms with Gasteiger partial charge in [0.05, 0.1) is 39.9 Å². The first-order valence-electron chi connectivity index (χ1n) is 20.8. The highest BCUT2D eigenvalue weighted by atomic mass is 19.4. The Balaban J connectivity index is 1.18. The van der Waals surface area contributed by atoms with Gasteiger partial charge in [-0.05, 0) is 130 Å². The fourth-order valence-corrected chi connectivity index (χ4v) is 9.32. The number of hydrogen-bond donors (Lipinski definition) is 0. The topological polar surface area (TPSA) is 14.2 Å². The van der Waals surface area contributed by atoms with Gasteiger partial charge >= 0.3 is 6.18 Å². The Kier molecular flexibility index (Phi) is 8.88. The molecule has 0 atom stereocenters. The van der Waals surface area contributed by atoms with E-state index < -0.39 is 11.7 Å². The van der Waals surface area contributed by atoms with Crippen LogP contribution in [0, 0.1) is 13.5 Å². The van der Waals surface area contributed by atoms with E-state index >= 15 is 0 Å². The molecule has 0 spiro atoms. The van der Waals surface area contributed by atoms with Gasteiger partial charge in [-0.3, -0.25) is 0 Å². The lowest BCUT2D eigenvalue weighted by Crippen LogP contribution is -2.05. The third-order valence-corrected chi connectivity index (χ3v) is 12.2. The molecule has 0 unspecified atom stereocenters. The molecule has 2 aromatic heterocycles. The van der Waals surface area contributed by atoms with Gasteiger partial charge in [0, 0.05) is 27.2 Å². The molecule has 63 heavy (non-hydrogen) atoms. The van der Waals surface area contributed by atoms with Crippen molar-refractivity contribution < 1.29 is 13.2 Å². The highest BCUT2D eigenvalue weighted by molar-refractivity contribution is 6.12. The molecule has 6 heteroatoms. The summed E-state index contributed by atoms with van der Waals surface area (Å²) in [6, 6.07) is 66.2. The Morgan fingerprint density at radius 1 is 0.413 bits per heavy atom. The van der Waals surface area contributed by atoms with Crippen molar-refractivity contribution in [1.29, 1.82) is 0 Å². The molecule has 11 rings (SSSR count). The van der Waals surface area contributed by atoms with Crippen LogP contribution >= 0.6 is 0 Å². The zero-order chi connectivity index (χ0) is 42.8. The molecule has 9 aromatic carbocycles. The van der Waals surface area contributed by atoms with Crippen LogP contribution in [0.25, 0.3) is 104 Å². The van der Waals surface area contributed by atoms with Crippen LogP contribution < -0.4 is 0 Å². The third-order valence-electron chi connectivity index (χ3n) is 12.2. The summed E-state index contributed by atoms with van der Waals surface area (Å²) < 4.78 is 47.2. The molecule has 0 amide bonds. The van der Waals surface area contributed by atoms with Crippen molar-refractivity contribution in [3.05, 3.63) is 223 Å². The van der Waals surface area contributed by atoms with Crippen LogP contribution in [0.15, 0.2) is 200 Å². The highest BCUT2D eigenvalue weighted by Crippen LogP contribution is 2.44. The van der Waals surface area contributed by atoms with Crippen LogP contribution in [0.3, 0.4) is 0 Å². The number of aromatic nitrogens is 2. The van der Waals surface area contributed by atoms with Crippen LogP contribution in [0.2, 0.25) is 0 Å². The van der Waals surface area contributed by atoms with E-state index in [9.17, 15) is 13.2 Å². The van der Waals surface area contributed by atoms with Gasteiger partial charge in [-0.15, -0.1) is 0 Å². The third kappa shape index (κ3) is 6.45. The molecule has 11 aromatic rings. The van der Waals surface area contributed by atoms with Crippen LogP contribution in [0.5, 0.6) is 0 Å². The Morgan fingerprint density at radius 3 is 1.54 bits per heavy atom. The van der Waals surface area contributed by atoms with E-state index in [1.165, 1.54) is 12.1 Å². The van der Waals surface area contributed by atoms with Crippen LogP contribution in [0.1, 0.15) is 11.1 Å². The van der Waals surface area contributed by atoms with Gasteiger partial charge in [0.1, 0.15) is 0 Å². The molecule has 0 aliphatic carbocycles. The first-order chi connectivity index (χ1) is 30.7. The molecule has 0 fully saturated rings. The van der Waals surface area contributed by atoms with Gasteiger partial charge < -0.3 is 9.13 Å². The summed E-state index contributed by atoms with van der Waals surface area (Å²) in [7, 11) is 0. The van der Waals surface area contributed by atoms with E-state index in [-0.39, 0.29) is 0 Å². The SMILES string of the molecule is [C-]#[N+]c1ccc(-n2c3ccccc3c3cc(-c4ccccc4)ccc32)cc1-c1cc(-c2cc(C)cc(C(F)(F)F)c2)ccc1-n1c2ccccc2c2cc(-c3ccccc3)ccc21. The Hall–Kier alpha value is -8.14. The van der Waals surface area contributed by atoms with Crippen molar-refractivity contribution in [3.8, 4) is 55.9 Å². The molecule has 0 saturated carbocycles. The normalized spacial score (nSPS) is 11.8. The minimum Gasteiger partial charge on any atom is -0.309 e. The highest BCUT2D eigenvalue weighted by Gasteiger charge is 2.31. The maximum Gasteiger partial charge on any atom is 0.416 e. The second kappa shape index (κ2) is 14.8. The van der Waals surface area contributed by atoms with Gasteiger partial charge in [-0.2, -0.15) is 13.2 Å². The first kappa shape index (κ1) is 37.8. The van der Waals surface area contributed by atoms with Crippen molar-refractivity contribution in [2.24, 2.45) is 0 Å². The van der Waals surface area contributed by atoms with Crippen molar-refractivity contribution in [2.75, 3.05) is 0 Å². The smallest absolute Gasteiger partial charge is 0.309 e. The molecule has 0 radical (unpaired) electrons. The fraction of sp³-hybridized carbons (Fsp3) is 0.0351. The average Bonchev–Trinajstić information content (AvgIpc) is 3.83. The summed E-state index contributed by atoms with van der Waals surface area (Å²) in [4.78, 5) is 4.08. The minimum absolute atomic E-state index is 0.427. The fourth-order valence-electron chi connectivity index (χ4n) is 9.32. The lowest BCUT2D eigenvalue weighted by Gasteiger charge is -2.19. The molecule has 3 nitrogen and oxygen atoms in total. The van der Waals surface area contributed by atoms with E-state index in [2.05, 4.69) is 111 Å². The summed E-state index contributed by atoms with van der Waals surface area (Å²) in [5.74, 6) is 0. The number of halogens is 3. The Labute approximate surface area is 362 Å². The lowest BCUT2D eigenvalue weighted by molar-refractivity contribution is -0.137. The Bertz CT molecular complexity index is 3630. The zero-order valence-corrected chi connectivity index (χ0v) is 34.0. The average molecular weight is 820 g/mol. The molecule has 0 aliphatic rings. The van der Waals surface area contributed by atoms with Crippen LogP contribution in [0.4, 0.5) is 18.9 Å². The van der Waals surface area contributed by atoms with E-state index in [4.69, 9.17) is 6.57 Å². The summed E-state index contributed by atoms with van der Waals surface area (Å²) >= 11 is 0. The number of para-hydroxylation sites is 2. The predicted molar refractivity (Wildman–Crippen MR) is 253 cm³/mol. The molecule has 0 saturated heterocycles. The Morgan fingerprint density at radius 2 is 0.937 bits per heavy atom. The van der Waals surface area contributed by atoms with Crippen molar-refractivity contribution in [3.63, 3.8) is 0 Å². The van der Waals surface area contributed by atoms with E-state index in [0.717, 1.165) is 82.8 Å². The molecule has 0 aliphatic heterocycles. The summed E-state index contributed by atoms with van der Waals surface area (Å²) in [6.45, 7) is 10.2. The van der Waals surface area contributed by atoms with Crippen LogP contribution in [-0.2, 0) is 6.18 Å². The molecule has 0 bridgehead atoms. The summed E-state index contributed by atoms with van der Waals surface area (Å²) in [6.07, 6.45) is -4.51. The molecular weight excluding hydrogens is 784 g/mol. The molecule has 300 valence electrons. The van der Waals surface area contributed by atoms with Gasteiger partial charge in [0.2, 0.25) is 0 Å². The van der Waals surface area contributed by atoms with Crippen molar-refractivity contribution in [1.82, 2.24) is 9.13 Å². The number of rotatable bonds is 6. The number of nitrogens with zero attached hydrogens (tertiary/aromatic N) is 3. The first-order valence-corrected chi connectivity index (χ1v) is 20.8. The van der Waals surface area contributed by atoms with Gasteiger partial charge in [-0.1, -0.05) is 127 Å². The number of alkyl halides is 3.